The van der Waals surface area contributed by atoms with Gasteiger partial charge in [-0.05, 0) is 42.0 Å². The number of rotatable bonds is 5. The first kappa shape index (κ1) is 18.8. The molecular formula is C22H17BrN2O2S. The lowest BCUT2D eigenvalue weighted by Gasteiger charge is -2.11. The minimum absolute atomic E-state index is 0.186. The van der Waals surface area contributed by atoms with Crippen molar-refractivity contribution in [1.29, 1.82) is 0 Å². The van der Waals surface area contributed by atoms with Crippen molar-refractivity contribution in [1.82, 2.24) is 9.97 Å². The average molecular weight is 453 g/mol. The number of halogens is 1. The fourth-order valence-electron chi connectivity index (χ4n) is 3.02. The molecule has 0 bridgehead atoms. The van der Waals surface area contributed by atoms with Crippen LogP contribution in [0, 0.1) is 0 Å². The standard InChI is InChI=1S/C22H17BrN2O2S/c23-17-10-12-18(13-11-17)28(26,27)15-22-21(14-16-6-2-1-3-7-16)24-19-8-4-5-9-20(19)25-22/h1-13H,14-15H2. The number of hydrogen-bond donors (Lipinski definition) is 0. The van der Waals surface area contributed by atoms with E-state index in [9.17, 15) is 8.42 Å². The van der Waals surface area contributed by atoms with Gasteiger partial charge in [0.1, 0.15) is 0 Å². The van der Waals surface area contributed by atoms with Crippen molar-refractivity contribution in [3.8, 4) is 0 Å². The monoisotopic (exact) mass is 452 g/mol. The molecule has 0 saturated carbocycles. The van der Waals surface area contributed by atoms with Gasteiger partial charge in [-0.25, -0.2) is 18.4 Å². The maximum Gasteiger partial charge on any atom is 0.184 e. The molecular weight excluding hydrogens is 436 g/mol. The van der Waals surface area contributed by atoms with E-state index in [1.165, 1.54) is 0 Å². The van der Waals surface area contributed by atoms with E-state index in [1.807, 2.05) is 54.6 Å². The van der Waals surface area contributed by atoms with Crippen LogP contribution >= 0.6 is 15.9 Å². The lowest BCUT2D eigenvalue weighted by atomic mass is 10.1. The van der Waals surface area contributed by atoms with Crippen LogP contribution in [0.25, 0.3) is 11.0 Å². The van der Waals surface area contributed by atoms with Crippen LogP contribution in [0.4, 0.5) is 0 Å². The van der Waals surface area contributed by atoms with Crippen LogP contribution in [0.1, 0.15) is 17.0 Å². The lowest BCUT2D eigenvalue weighted by Crippen LogP contribution is -2.11. The van der Waals surface area contributed by atoms with Gasteiger partial charge in [0.2, 0.25) is 0 Å². The lowest BCUT2D eigenvalue weighted by molar-refractivity contribution is 0.594. The molecule has 4 aromatic rings. The van der Waals surface area contributed by atoms with Crippen LogP contribution in [0.15, 0.2) is 88.2 Å². The summed E-state index contributed by atoms with van der Waals surface area (Å²) in [5.74, 6) is -0.186. The van der Waals surface area contributed by atoms with Crippen molar-refractivity contribution < 1.29 is 8.42 Å². The molecule has 0 aliphatic carbocycles. The summed E-state index contributed by atoms with van der Waals surface area (Å²) in [6, 6.07) is 24.1. The fraction of sp³-hybridized carbons (Fsp3) is 0.0909. The van der Waals surface area contributed by atoms with Gasteiger partial charge in [0, 0.05) is 10.9 Å². The van der Waals surface area contributed by atoms with Crippen molar-refractivity contribution in [2.24, 2.45) is 0 Å². The fourth-order valence-corrected chi connectivity index (χ4v) is 4.60. The third kappa shape index (κ3) is 4.13. The van der Waals surface area contributed by atoms with Gasteiger partial charge < -0.3 is 0 Å². The van der Waals surface area contributed by atoms with E-state index < -0.39 is 9.84 Å². The summed E-state index contributed by atoms with van der Waals surface area (Å²) in [6.45, 7) is 0. The molecule has 0 aliphatic rings. The first-order chi connectivity index (χ1) is 13.5. The zero-order chi connectivity index (χ0) is 19.6. The zero-order valence-corrected chi connectivity index (χ0v) is 17.3. The van der Waals surface area contributed by atoms with Crippen LogP contribution in [0.2, 0.25) is 0 Å². The number of para-hydroxylation sites is 2. The topological polar surface area (TPSA) is 59.9 Å². The number of hydrogen-bond acceptors (Lipinski definition) is 4. The van der Waals surface area contributed by atoms with Crippen LogP contribution in [-0.4, -0.2) is 18.4 Å². The van der Waals surface area contributed by atoms with Gasteiger partial charge in [0.25, 0.3) is 0 Å². The predicted octanol–water partition coefficient (Wildman–Crippen LogP) is 4.96. The van der Waals surface area contributed by atoms with Gasteiger partial charge in [-0.15, -0.1) is 0 Å². The van der Waals surface area contributed by atoms with Crippen LogP contribution in [0.3, 0.4) is 0 Å². The zero-order valence-electron chi connectivity index (χ0n) is 14.9. The predicted molar refractivity (Wildman–Crippen MR) is 114 cm³/mol. The SMILES string of the molecule is O=S(=O)(Cc1nc2ccccc2nc1Cc1ccccc1)c1ccc(Br)cc1. The molecule has 0 amide bonds. The first-order valence-electron chi connectivity index (χ1n) is 8.78. The maximum atomic E-state index is 13.0. The molecule has 6 heteroatoms. The third-order valence-electron chi connectivity index (χ3n) is 4.44. The Morgan fingerprint density at radius 2 is 1.29 bits per heavy atom. The highest BCUT2D eigenvalue weighted by Crippen LogP contribution is 2.22. The van der Waals surface area contributed by atoms with Crippen LogP contribution in [0.5, 0.6) is 0 Å². The second-order valence-corrected chi connectivity index (χ2v) is 9.39. The van der Waals surface area contributed by atoms with E-state index in [1.54, 1.807) is 24.3 Å². The highest BCUT2D eigenvalue weighted by atomic mass is 79.9. The molecule has 1 aromatic heterocycles. The highest BCUT2D eigenvalue weighted by molar-refractivity contribution is 9.10. The Morgan fingerprint density at radius 3 is 1.93 bits per heavy atom. The Morgan fingerprint density at radius 1 is 0.714 bits per heavy atom. The van der Waals surface area contributed by atoms with Crippen molar-refractivity contribution in [2.75, 3.05) is 0 Å². The first-order valence-corrected chi connectivity index (χ1v) is 11.2. The third-order valence-corrected chi connectivity index (χ3v) is 6.61. The Labute approximate surface area is 172 Å². The molecule has 140 valence electrons. The number of benzene rings is 3. The number of fused-ring (bicyclic) bond motifs is 1. The molecule has 0 spiro atoms. The summed E-state index contributed by atoms with van der Waals surface area (Å²) < 4.78 is 26.8. The van der Waals surface area contributed by atoms with E-state index in [0.29, 0.717) is 23.3 Å². The second-order valence-electron chi connectivity index (χ2n) is 6.48. The van der Waals surface area contributed by atoms with E-state index in [-0.39, 0.29) is 10.6 Å². The Kier molecular flexibility index (Phi) is 5.24. The van der Waals surface area contributed by atoms with Crippen LogP contribution in [-0.2, 0) is 22.0 Å². The highest BCUT2D eigenvalue weighted by Gasteiger charge is 2.20. The molecule has 28 heavy (non-hydrogen) atoms. The Bertz CT molecular complexity index is 1220. The molecule has 4 nitrogen and oxygen atoms in total. The van der Waals surface area contributed by atoms with E-state index >= 15 is 0 Å². The summed E-state index contributed by atoms with van der Waals surface area (Å²) in [4.78, 5) is 9.65. The normalized spacial score (nSPS) is 11.6. The minimum Gasteiger partial charge on any atom is -0.249 e. The van der Waals surface area contributed by atoms with Crippen molar-refractivity contribution in [3.63, 3.8) is 0 Å². The second kappa shape index (κ2) is 7.81. The van der Waals surface area contributed by atoms with Gasteiger partial charge in [-0.2, -0.15) is 0 Å². The molecule has 0 unspecified atom stereocenters. The molecule has 0 atom stereocenters. The largest absolute Gasteiger partial charge is 0.249 e. The maximum absolute atomic E-state index is 13.0. The molecule has 0 saturated heterocycles. The quantitative estimate of drug-likeness (QED) is 0.429. The number of sulfone groups is 1. The Balaban J connectivity index is 1.77. The van der Waals surface area contributed by atoms with E-state index in [4.69, 9.17) is 4.98 Å². The molecule has 0 N–H and O–H groups in total. The summed E-state index contributed by atoms with van der Waals surface area (Å²) >= 11 is 3.34. The summed E-state index contributed by atoms with van der Waals surface area (Å²) in [6.07, 6.45) is 0.532. The molecule has 0 radical (unpaired) electrons. The van der Waals surface area contributed by atoms with Gasteiger partial charge in [0.15, 0.2) is 9.84 Å². The summed E-state index contributed by atoms with van der Waals surface area (Å²) in [5, 5.41) is 0. The molecule has 0 aliphatic heterocycles. The van der Waals surface area contributed by atoms with Gasteiger partial charge >= 0.3 is 0 Å². The molecule has 4 rings (SSSR count). The summed E-state index contributed by atoms with van der Waals surface area (Å²) in [5.41, 5.74) is 3.70. The van der Waals surface area contributed by atoms with Gasteiger partial charge in [-0.3, -0.25) is 0 Å². The Hall–Kier alpha value is -2.57. The van der Waals surface area contributed by atoms with E-state index in [2.05, 4.69) is 20.9 Å². The average Bonchev–Trinajstić information content (AvgIpc) is 2.69. The smallest absolute Gasteiger partial charge is 0.184 e. The molecule has 0 fully saturated rings. The minimum atomic E-state index is -3.54. The van der Waals surface area contributed by atoms with Gasteiger partial charge in [-0.1, -0.05) is 58.4 Å². The van der Waals surface area contributed by atoms with Crippen LogP contribution < -0.4 is 0 Å². The van der Waals surface area contributed by atoms with E-state index in [0.717, 1.165) is 15.6 Å². The number of aromatic nitrogens is 2. The molecule has 1 heterocycles. The van der Waals surface area contributed by atoms with Crippen molar-refractivity contribution in [3.05, 3.63) is 100 Å². The summed E-state index contributed by atoms with van der Waals surface area (Å²) in [7, 11) is -3.54. The van der Waals surface area contributed by atoms with Crippen molar-refractivity contribution in [2.45, 2.75) is 17.1 Å². The van der Waals surface area contributed by atoms with Crippen molar-refractivity contribution >= 4 is 36.8 Å². The molecule has 3 aromatic carbocycles. The van der Waals surface area contributed by atoms with Gasteiger partial charge in [0.05, 0.1) is 33.1 Å². The number of nitrogens with zero attached hydrogens (tertiary/aromatic N) is 2.